The molecular weight excluding hydrogens is 286 g/mol. The molecule has 6 heteroatoms. The van der Waals surface area contributed by atoms with E-state index in [1.54, 1.807) is 23.6 Å². The van der Waals surface area contributed by atoms with Crippen LogP contribution in [0.4, 0.5) is 0 Å². The van der Waals surface area contributed by atoms with E-state index in [0.29, 0.717) is 18.1 Å². The number of nitrogens with zero attached hydrogens (tertiary/aromatic N) is 2. The predicted octanol–water partition coefficient (Wildman–Crippen LogP) is 3.08. The fourth-order valence-electron chi connectivity index (χ4n) is 2.23. The summed E-state index contributed by atoms with van der Waals surface area (Å²) in [4.78, 5) is 0. The Hall–Kier alpha value is -2.34. The standard InChI is InChI=1S/C15H15N3O2S/c1-2-7-16-15(21)18-12(14-6-4-9-20-14)10-11(17-18)13-5-3-8-19-13/h2-6,8-9,12H,1,7,10H2,(H,16,21)/t12-/m1/s1. The topological polar surface area (TPSA) is 53.9 Å². The van der Waals surface area contributed by atoms with Crippen LogP contribution in [0.3, 0.4) is 0 Å². The maximum atomic E-state index is 5.51. The first-order valence-electron chi connectivity index (χ1n) is 6.62. The van der Waals surface area contributed by atoms with Gasteiger partial charge in [-0.25, -0.2) is 5.01 Å². The van der Waals surface area contributed by atoms with Crippen LogP contribution in [-0.4, -0.2) is 22.4 Å². The van der Waals surface area contributed by atoms with Crippen LogP contribution in [0.2, 0.25) is 0 Å². The van der Waals surface area contributed by atoms with Gasteiger partial charge in [-0.2, -0.15) is 5.10 Å². The summed E-state index contributed by atoms with van der Waals surface area (Å²) in [5.41, 5.74) is 0.851. The fourth-order valence-corrected chi connectivity index (χ4v) is 2.48. The predicted molar refractivity (Wildman–Crippen MR) is 83.9 cm³/mol. The summed E-state index contributed by atoms with van der Waals surface area (Å²) in [6.07, 6.45) is 5.72. The quantitative estimate of drug-likeness (QED) is 0.695. The number of hydrogen-bond acceptors (Lipinski definition) is 4. The van der Waals surface area contributed by atoms with Crippen LogP contribution in [0.15, 0.2) is 63.4 Å². The second kappa shape index (κ2) is 5.97. The molecule has 0 saturated carbocycles. The van der Waals surface area contributed by atoms with Gasteiger partial charge in [0.25, 0.3) is 0 Å². The molecule has 0 saturated heterocycles. The Kier molecular flexibility index (Phi) is 3.87. The molecular formula is C15H15N3O2S. The van der Waals surface area contributed by atoms with Crippen LogP contribution in [0.5, 0.6) is 0 Å². The van der Waals surface area contributed by atoms with Crippen LogP contribution in [-0.2, 0) is 0 Å². The van der Waals surface area contributed by atoms with Crippen molar-refractivity contribution in [3.05, 3.63) is 61.0 Å². The summed E-state index contributed by atoms with van der Waals surface area (Å²) >= 11 is 5.40. The van der Waals surface area contributed by atoms with Crippen molar-refractivity contribution in [1.82, 2.24) is 10.3 Å². The van der Waals surface area contributed by atoms with Crippen LogP contribution in [0, 0.1) is 0 Å². The highest BCUT2D eigenvalue weighted by molar-refractivity contribution is 7.80. The highest BCUT2D eigenvalue weighted by Crippen LogP contribution is 2.33. The van der Waals surface area contributed by atoms with E-state index in [1.165, 1.54) is 0 Å². The second-order valence-electron chi connectivity index (χ2n) is 4.58. The van der Waals surface area contributed by atoms with Gasteiger partial charge in [-0.1, -0.05) is 6.08 Å². The van der Waals surface area contributed by atoms with Crippen molar-refractivity contribution < 1.29 is 8.83 Å². The zero-order chi connectivity index (χ0) is 14.7. The van der Waals surface area contributed by atoms with Crippen molar-refractivity contribution in [3.63, 3.8) is 0 Å². The first-order valence-corrected chi connectivity index (χ1v) is 7.03. The van der Waals surface area contributed by atoms with Crippen molar-refractivity contribution in [2.45, 2.75) is 12.5 Å². The Balaban J connectivity index is 1.87. The molecule has 2 aromatic heterocycles. The maximum Gasteiger partial charge on any atom is 0.190 e. The number of rotatable bonds is 4. The first kappa shape index (κ1) is 13.6. The Morgan fingerprint density at radius 3 is 2.90 bits per heavy atom. The van der Waals surface area contributed by atoms with Gasteiger partial charge >= 0.3 is 0 Å². The zero-order valence-electron chi connectivity index (χ0n) is 11.4. The lowest BCUT2D eigenvalue weighted by Gasteiger charge is -2.22. The van der Waals surface area contributed by atoms with E-state index < -0.39 is 0 Å². The van der Waals surface area contributed by atoms with Crippen LogP contribution >= 0.6 is 12.2 Å². The van der Waals surface area contributed by atoms with E-state index in [0.717, 1.165) is 17.2 Å². The normalized spacial score (nSPS) is 17.6. The molecule has 0 radical (unpaired) electrons. The minimum absolute atomic E-state index is 0.0649. The van der Waals surface area contributed by atoms with Crippen LogP contribution in [0.1, 0.15) is 24.0 Å². The first-order chi connectivity index (χ1) is 10.3. The molecule has 1 aliphatic heterocycles. The van der Waals surface area contributed by atoms with E-state index in [4.69, 9.17) is 21.1 Å². The van der Waals surface area contributed by atoms with E-state index in [-0.39, 0.29) is 6.04 Å². The van der Waals surface area contributed by atoms with Gasteiger partial charge < -0.3 is 14.2 Å². The molecule has 0 aromatic carbocycles. The fraction of sp³-hybridized carbons (Fsp3) is 0.200. The molecule has 0 unspecified atom stereocenters. The third-order valence-corrected chi connectivity index (χ3v) is 3.52. The number of thiocarbonyl (C=S) groups is 1. The third kappa shape index (κ3) is 2.75. The van der Waals surface area contributed by atoms with Gasteiger partial charge in [-0.3, -0.25) is 0 Å². The lowest BCUT2D eigenvalue weighted by Crippen LogP contribution is -2.36. The van der Waals surface area contributed by atoms with Crippen molar-refractivity contribution in [2.75, 3.05) is 6.54 Å². The van der Waals surface area contributed by atoms with E-state index >= 15 is 0 Å². The summed E-state index contributed by atoms with van der Waals surface area (Å²) in [5, 5.41) is 9.97. The number of furan rings is 2. The molecule has 5 nitrogen and oxygen atoms in total. The van der Waals surface area contributed by atoms with Gasteiger partial charge in [0.2, 0.25) is 0 Å². The van der Waals surface area contributed by atoms with Crippen molar-refractivity contribution in [3.8, 4) is 0 Å². The van der Waals surface area contributed by atoms with Gasteiger partial charge in [-0.15, -0.1) is 6.58 Å². The summed E-state index contributed by atoms with van der Waals surface area (Å²) in [6, 6.07) is 7.45. The highest BCUT2D eigenvalue weighted by atomic mass is 32.1. The maximum absolute atomic E-state index is 5.51. The van der Waals surface area contributed by atoms with Gasteiger partial charge in [0.05, 0.1) is 12.5 Å². The lowest BCUT2D eigenvalue weighted by molar-refractivity contribution is 0.311. The molecule has 0 aliphatic carbocycles. The minimum Gasteiger partial charge on any atom is -0.467 e. The smallest absolute Gasteiger partial charge is 0.190 e. The molecule has 0 bridgehead atoms. The molecule has 0 amide bonds. The van der Waals surface area contributed by atoms with Gasteiger partial charge in [0.1, 0.15) is 23.3 Å². The molecule has 3 heterocycles. The number of hydrazone groups is 1. The highest BCUT2D eigenvalue weighted by Gasteiger charge is 2.33. The van der Waals surface area contributed by atoms with Crippen molar-refractivity contribution in [2.24, 2.45) is 5.10 Å². The Morgan fingerprint density at radius 2 is 2.24 bits per heavy atom. The van der Waals surface area contributed by atoms with Crippen molar-refractivity contribution in [1.29, 1.82) is 0 Å². The molecule has 3 rings (SSSR count). The molecule has 1 N–H and O–H groups in total. The third-order valence-electron chi connectivity index (χ3n) is 3.19. The average molecular weight is 301 g/mol. The monoisotopic (exact) mass is 301 g/mol. The largest absolute Gasteiger partial charge is 0.467 e. The Labute approximate surface area is 127 Å². The number of nitrogens with one attached hydrogen (secondary N) is 1. The molecule has 0 spiro atoms. The van der Waals surface area contributed by atoms with Crippen LogP contribution in [0.25, 0.3) is 0 Å². The SMILES string of the molecule is C=CCNC(=S)N1N=C(c2ccco2)C[C@@H]1c1ccco1. The summed E-state index contributed by atoms with van der Waals surface area (Å²) in [6.45, 7) is 4.26. The summed E-state index contributed by atoms with van der Waals surface area (Å²) in [5.74, 6) is 1.57. The Bertz CT molecular complexity index is 647. The summed E-state index contributed by atoms with van der Waals surface area (Å²) < 4.78 is 10.9. The molecule has 1 atom stereocenters. The van der Waals surface area contributed by atoms with E-state index in [9.17, 15) is 0 Å². The average Bonchev–Trinajstić information content (AvgIpc) is 3.24. The molecule has 108 valence electrons. The lowest BCUT2D eigenvalue weighted by atomic mass is 10.1. The second-order valence-corrected chi connectivity index (χ2v) is 4.97. The molecule has 2 aromatic rings. The van der Waals surface area contributed by atoms with Crippen molar-refractivity contribution >= 4 is 23.0 Å². The molecule has 1 aliphatic rings. The summed E-state index contributed by atoms with van der Waals surface area (Å²) in [7, 11) is 0. The molecule has 21 heavy (non-hydrogen) atoms. The van der Waals surface area contributed by atoms with Crippen LogP contribution < -0.4 is 5.32 Å². The van der Waals surface area contributed by atoms with E-state index in [1.807, 2.05) is 24.3 Å². The molecule has 0 fully saturated rings. The van der Waals surface area contributed by atoms with Gasteiger partial charge in [0, 0.05) is 13.0 Å². The number of hydrogen-bond donors (Lipinski definition) is 1. The Morgan fingerprint density at radius 1 is 1.43 bits per heavy atom. The van der Waals surface area contributed by atoms with Gasteiger partial charge in [-0.05, 0) is 36.5 Å². The minimum atomic E-state index is -0.0649. The van der Waals surface area contributed by atoms with Gasteiger partial charge in [0.15, 0.2) is 5.11 Å². The van der Waals surface area contributed by atoms with E-state index in [2.05, 4.69) is 17.0 Å². The zero-order valence-corrected chi connectivity index (χ0v) is 12.2.